The minimum absolute atomic E-state index is 0.241. The number of rotatable bonds is 6. The van der Waals surface area contributed by atoms with Crippen molar-refractivity contribution >= 4 is 27.7 Å². The van der Waals surface area contributed by atoms with Crippen LogP contribution in [0.25, 0.3) is 0 Å². The van der Waals surface area contributed by atoms with Crippen LogP contribution in [0, 0.1) is 0 Å². The van der Waals surface area contributed by atoms with Gasteiger partial charge in [0.25, 0.3) is 0 Å². The molecule has 2 heterocycles. The van der Waals surface area contributed by atoms with E-state index in [1.807, 2.05) is 11.8 Å². The molecule has 1 saturated heterocycles. The normalized spacial score (nSPS) is 21.7. The average Bonchev–Trinajstić information content (AvgIpc) is 2.81. The first-order chi connectivity index (χ1) is 10.1. The van der Waals surface area contributed by atoms with Gasteiger partial charge in [0.15, 0.2) is 0 Å². The lowest BCUT2D eigenvalue weighted by molar-refractivity contribution is 0.212. The summed E-state index contributed by atoms with van der Waals surface area (Å²) in [4.78, 5) is 2.42. The number of aryl methyl sites for hydroxylation is 2. The molecule has 0 aliphatic carbocycles. The van der Waals surface area contributed by atoms with Gasteiger partial charge in [0, 0.05) is 43.1 Å². The number of likely N-dealkylation sites (N-methyl/N-ethyl adjacent to an activating group) is 1. The summed E-state index contributed by atoms with van der Waals surface area (Å²) in [6, 6.07) is 0.705. The van der Waals surface area contributed by atoms with Gasteiger partial charge in [-0.25, -0.2) is 0 Å². The first-order valence-electron chi connectivity index (χ1n) is 7.60. The monoisotopic (exact) mass is 375 g/mol. The molecular weight excluding hydrogens is 350 g/mol. The Bertz CT molecular complexity index is 464. The van der Waals surface area contributed by atoms with Crippen molar-refractivity contribution in [2.75, 3.05) is 25.1 Å². The number of nitrogens with one attached hydrogen (secondary N) is 1. The SMILES string of the molecule is CCc1nn(CC)c(CC(NN)C2CSCCN2C)c1Br. The largest absolute Gasteiger partial charge is 0.300 e. The highest BCUT2D eigenvalue weighted by Gasteiger charge is 2.29. The van der Waals surface area contributed by atoms with Crippen molar-refractivity contribution in [1.29, 1.82) is 0 Å². The van der Waals surface area contributed by atoms with E-state index in [4.69, 9.17) is 5.84 Å². The zero-order valence-corrected chi connectivity index (χ0v) is 15.5. The van der Waals surface area contributed by atoms with Crippen LogP contribution in [0.1, 0.15) is 25.2 Å². The minimum Gasteiger partial charge on any atom is -0.300 e. The van der Waals surface area contributed by atoms with Gasteiger partial charge >= 0.3 is 0 Å². The fraction of sp³-hybridized carbons (Fsp3) is 0.786. The van der Waals surface area contributed by atoms with Crippen molar-refractivity contribution in [1.82, 2.24) is 20.1 Å². The highest BCUT2D eigenvalue weighted by molar-refractivity contribution is 9.10. The number of thioether (sulfide) groups is 1. The molecule has 3 N–H and O–H groups in total. The Balaban J connectivity index is 2.19. The van der Waals surface area contributed by atoms with Gasteiger partial charge in [-0.3, -0.25) is 16.0 Å². The van der Waals surface area contributed by atoms with Crippen LogP contribution in [0.3, 0.4) is 0 Å². The maximum Gasteiger partial charge on any atom is 0.0766 e. The summed E-state index contributed by atoms with van der Waals surface area (Å²) in [7, 11) is 2.19. The lowest BCUT2D eigenvalue weighted by atomic mass is 10.0. The van der Waals surface area contributed by atoms with E-state index >= 15 is 0 Å². The van der Waals surface area contributed by atoms with Gasteiger partial charge in [-0.1, -0.05) is 6.92 Å². The third-order valence-corrected chi connectivity index (χ3v) is 6.19. The Labute approximate surface area is 140 Å². The molecule has 2 unspecified atom stereocenters. The topological polar surface area (TPSA) is 59.1 Å². The van der Waals surface area contributed by atoms with Crippen LogP contribution in [-0.2, 0) is 19.4 Å². The third kappa shape index (κ3) is 3.82. The van der Waals surface area contributed by atoms with Gasteiger partial charge in [0.1, 0.15) is 0 Å². The minimum atomic E-state index is 0.241. The van der Waals surface area contributed by atoms with Crippen molar-refractivity contribution in [3.05, 3.63) is 15.9 Å². The zero-order chi connectivity index (χ0) is 15.4. The molecule has 1 aliphatic rings. The Hall–Kier alpha value is -0.0800. The Morgan fingerprint density at radius 2 is 2.29 bits per heavy atom. The van der Waals surface area contributed by atoms with E-state index < -0.39 is 0 Å². The summed E-state index contributed by atoms with van der Waals surface area (Å²) in [5.74, 6) is 8.20. The van der Waals surface area contributed by atoms with E-state index in [2.05, 4.69) is 56.9 Å². The smallest absolute Gasteiger partial charge is 0.0766 e. The molecule has 21 heavy (non-hydrogen) atoms. The van der Waals surface area contributed by atoms with E-state index in [1.54, 1.807) is 0 Å². The molecule has 0 spiro atoms. The van der Waals surface area contributed by atoms with Crippen molar-refractivity contribution < 1.29 is 0 Å². The molecule has 1 aliphatic heterocycles. The van der Waals surface area contributed by atoms with Gasteiger partial charge in [-0.05, 0) is 36.3 Å². The van der Waals surface area contributed by atoms with Gasteiger partial charge in [-0.2, -0.15) is 16.9 Å². The molecule has 0 amide bonds. The average molecular weight is 376 g/mol. The summed E-state index contributed by atoms with van der Waals surface area (Å²) < 4.78 is 3.25. The van der Waals surface area contributed by atoms with Crippen LogP contribution in [0.2, 0.25) is 0 Å². The molecule has 2 atom stereocenters. The van der Waals surface area contributed by atoms with Crippen LogP contribution in [0.15, 0.2) is 4.47 Å². The number of nitrogens with two attached hydrogens (primary N) is 1. The Kier molecular flexibility index (Phi) is 6.55. The Morgan fingerprint density at radius 1 is 1.52 bits per heavy atom. The number of hydrogen-bond donors (Lipinski definition) is 2. The molecule has 1 aromatic rings. The van der Waals surface area contributed by atoms with Crippen LogP contribution in [0.4, 0.5) is 0 Å². The van der Waals surface area contributed by atoms with Gasteiger partial charge in [0.2, 0.25) is 0 Å². The fourth-order valence-electron chi connectivity index (χ4n) is 2.86. The van der Waals surface area contributed by atoms with E-state index in [-0.39, 0.29) is 6.04 Å². The molecule has 0 saturated carbocycles. The molecule has 0 bridgehead atoms. The lowest BCUT2D eigenvalue weighted by Gasteiger charge is -2.37. The lowest BCUT2D eigenvalue weighted by Crippen LogP contribution is -2.55. The highest BCUT2D eigenvalue weighted by atomic mass is 79.9. The second-order valence-electron chi connectivity index (χ2n) is 5.48. The van der Waals surface area contributed by atoms with Crippen molar-refractivity contribution in [2.24, 2.45) is 5.84 Å². The van der Waals surface area contributed by atoms with Crippen LogP contribution in [0.5, 0.6) is 0 Å². The van der Waals surface area contributed by atoms with E-state index in [0.717, 1.165) is 41.9 Å². The van der Waals surface area contributed by atoms with Gasteiger partial charge < -0.3 is 4.90 Å². The van der Waals surface area contributed by atoms with Crippen molar-refractivity contribution in [3.8, 4) is 0 Å². The summed E-state index contributed by atoms with van der Waals surface area (Å²) in [5, 5.41) is 4.68. The number of nitrogens with zero attached hydrogens (tertiary/aromatic N) is 3. The predicted molar refractivity (Wildman–Crippen MR) is 93.5 cm³/mol. The summed E-state index contributed by atoms with van der Waals surface area (Å²) in [6.07, 6.45) is 1.84. The summed E-state index contributed by atoms with van der Waals surface area (Å²) in [6.45, 7) is 6.29. The second kappa shape index (κ2) is 7.97. The van der Waals surface area contributed by atoms with Crippen molar-refractivity contribution in [2.45, 2.75) is 45.3 Å². The predicted octanol–water partition coefficient (Wildman–Crippen LogP) is 1.65. The number of aromatic nitrogens is 2. The molecule has 7 heteroatoms. The van der Waals surface area contributed by atoms with E-state index in [0.29, 0.717) is 6.04 Å². The number of hydrogen-bond acceptors (Lipinski definition) is 5. The molecule has 1 aromatic heterocycles. The summed E-state index contributed by atoms with van der Waals surface area (Å²) in [5.41, 5.74) is 5.42. The molecule has 2 rings (SSSR count). The maximum absolute atomic E-state index is 5.86. The van der Waals surface area contributed by atoms with Crippen LogP contribution >= 0.6 is 27.7 Å². The molecule has 5 nitrogen and oxygen atoms in total. The van der Waals surface area contributed by atoms with E-state index in [9.17, 15) is 0 Å². The quantitative estimate of drug-likeness (QED) is 0.584. The first kappa shape index (κ1) is 17.3. The molecule has 120 valence electrons. The Morgan fingerprint density at radius 3 is 2.86 bits per heavy atom. The fourth-order valence-corrected chi connectivity index (χ4v) is 4.89. The molecular formula is C14H26BrN5S. The second-order valence-corrected chi connectivity index (χ2v) is 7.42. The van der Waals surface area contributed by atoms with Gasteiger partial charge in [0.05, 0.1) is 15.9 Å². The number of hydrazine groups is 1. The van der Waals surface area contributed by atoms with Gasteiger partial charge in [-0.15, -0.1) is 0 Å². The first-order valence-corrected chi connectivity index (χ1v) is 9.55. The van der Waals surface area contributed by atoms with Crippen molar-refractivity contribution in [3.63, 3.8) is 0 Å². The van der Waals surface area contributed by atoms with Crippen LogP contribution < -0.4 is 11.3 Å². The highest BCUT2D eigenvalue weighted by Crippen LogP contribution is 2.26. The van der Waals surface area contributed by atoms with Crippen LogP contribution in [-0.4, -0.2) is 51.9 Å². The number of halogens is 1. The molecule has 1 fully saturated rings. The van der Waals surface area contributed by atoms with E-state index in [1.165, 1.54) is 11.4 Å². The third-order valence-electron chi connectivity index (χ3n) is 4.23. The standard InChI is InChI=1S/C14H26BrN5S/c1-4-10-14(15)12(20(5-2)18-10)8-11(17-16)13-9-21-7-6-19(13)3/h11,13,17H,4-9,16H2,1-3H3. The zero-order valence-electron chi connectivity index (χ0n) is 13.1. The molecule has 0 aromatic carbocycles. The summed E-state index contributed by atoms with van der Waals surface area (Å²) >= 11 is 5.74. The maximum atomic E-state index is 5.86. The molecule has 0 radical (unpaired) electrons.